The maximum Gasteiger partial charge on any atom is 0.169 e. The molecule has 104 valence electrons. The molecule has 0 atom stereocenters. The zero-order valence-corrected chi connectivity index (χ0v) is 12.3. The molecule has 1 aromatic carbocycles. The molecular formula is C15H22N2OS. The second-order valence-corrected chi connectivity index (χ2v) is 5.29. The third-order valence-electron chi connectivity index (χ3n) is 3.50. The van der Waals surface area contributed by atoms with Gasteiger partial charge in [0.15, 0.2) is 5.11 Å². The number of ether oxygens (including phenoxy) is 1. The molecule has 1 aromatic rings. The third-order valence-corrected chi connectivity index (χ3v) is 3.90. The molecule has 1 aliphatic rings. The van der Waals surface area contributed by atoms with Crippen molar-refractivity contribution in [3.63, 3.8) is 0 Å². The topological polar surface area (TPSA) is 24.5 Å². The van der Waals surface area contributed by atoms with Gasteiger partial charge in [0.2, 0.25) is 0 Å². The lowest BCUT2D eigenvalue weighted by molar-refractivity contribution is 0.414. The Hall–Kier alpha value is -1.29. The van der Waals surface area contributed by atoms with Gasteiger partial charge in [0.1, 0.15) is 5.75 Å². The highest BCUT2D eigenvalue weighted by atomic mass is 32.1. The zero-order valence-electron chi connectivity index (χ0n) is 11.5. The molecule has 0 radical (unpaired) electrons. The Labute approximate surface area is 120 Å². The Balaban J connectivity index is 1.81. The van der Waals surface area contributed by atoms with Crippen LogP contribution in [0.15, 0.2) is 24.3 Å². The van der Waals surface area contributed by atoms with Crippen molar-refractivity contribution in [3.8, 4) is 5.75 Å². The molecule has 2 rings (SSSR count). The van der Waals surface area contributed by atoms with E-state index in [0.29, 0.717) is 0 Å². The summed E-state index contributed by atoms with van der Waals surface area (Å²) in [5.74, 6) is 0.888. The summed E-state index contributed by atoms with van der Waals surface area (Å²) in [4.78, 5) is 2.30. The van der Waals surface area contributed by atoms with Crippen LogP contribution >= 0.6 is 12.2 Å². The van der Waals surface area contributed by atoms with Crippen molar-refractivity contribution in [3.05, 3.63) is 29.8 Å². The molecule has 0 aromatic heterocycles. The van der Waals surface area contributed by atoms with Gasteiger partial charge in [-0.2, -0.15) is 0 Å². The summed E-state index contributed by atoms with van der Waals surface area (Å²) in [6, 6.07) is 8.09. The fraction of sp³-hybridized carbons (Fsp3) is 0.533. The summed E-state index contributed by atoms with van der Waals surface area (Å²) in [6.45, 7) is 2.96. The van der Waals surface area contributed by atoms with Gasteiger partial charge < -0.3 is 15.0 Å². The van der Waals surface area contributed by atoms with E-state index in [4.69, 9.17) is 17.0 Å². The minimum atomic E-state index is 0.777. The predicted octanol–water partition coefficient (Wildman–Crippen LogP) is 2.95. The van der Waals surface area contributed by atoms with Gasteiger partial charge in [0.25, 0.3) is 0 Å². The summed E-state index contributed by atoms with van der Waals surface area (Å²) >= 11 is 5.47. The van der Waals surface area contributed by atoms with Crippen LogP contribution in [0.25, 0.3) is 0 Å². The van der Waals surface area contributed by atoms with Crippen LogP contribution in [0.3, 0.4) is 0 Å². The predicted molar refractivity (Wildman–Crippen MR) is 82.5 cm³/mol. The standard InChI is InChI=1S/C15H22N2OS/c1-18-14-8-6-13(7-9-14)12-16-15(19)17-10-4-2-3-5-11-17/h6-9H,2-5,10-12H2,1H3,(H,16,19). The van der Waals surface area contributed by atoms with E-state index in [1.807, 2.05) is 12.1 Å². The van der Waals surface area contributed by atoms with E-state index in [-0.39, 0.29) is 0 Å². The largest absolute Gasteiger partial charge is 0.497 e. The van der Waals surface area contributed by atoms with E-state index >= 15 is 0 Å². The Morgan fingerprint density at radius 2 is 1.79 bits per heavy atom. The SMILES string of the molecule is COc1ccc(CNC(=S)N2CCCCCC2)cc1. The number of rotatable bonds is 3. The lowest BCUT2D eigenvalue weighted by Gasteiger charge is -2.24. The highest BCUT2D eigenvalue weighted by Crippen LogP contribution is 2.12. The van der Waals surface area contributed by atoms with E-state index in [2.05, 4.69) is 22.3 Å². The number of thiocarbonyl (C=S) groups is 1. The Kier molecular flexibility index (Phi) is 5.45. The first-order valence-electron chi connectivity index (χ1n) is 6.95. The van der Waals surface area contributed by atoms with Gasteiger partial charge in [-0.3, -0.25) is 0 Å². The summed E-state index contributed by atoms with van der Waals surface area (Å²) in [6.07, 6.45) is 5.17. The van der Waals surface area contributed by atoms with Gasteiger partial charge in [-0.15, -0.1) is 0 Å². The smallest absolute Gasteiger partial charge is 0.169 e. The number of hydrogen-bond donors (Lipinski definition) is 1. The van der Waals surface area contributed by atoms with Crippen LogP contribution in [0.5, 0.6) is 5.75 Å². The molecule has 0 bridgehead atoms. The molecule has 19 heavy (non-hydrogen) atoms. The summed E-state index contributed by atoms with van der Waals surface area (Å²) in [7, 11) is 1.68. The minimum Gasteiger partial charge on any atom is -0.497 e. The first-order chi connectivity index (χ1) is 9.29. The Morgan fingerprint density at radius 3 is 2.37 bits per heavy atom. The highest BCUT2D eigenvalue weighted by Gasteiger charge is 2.11. The monoisotopic (exact) mass is 278 g/mol. The Bertz CT molecular complexity index is 397. The molecule has 0 unspecified atom stereocenters. The fourth-order valence-electron chi connectivity index (χ4n) is 2.31. The molecule has 3 nitrogen and oxygen atoms in total. The van der Waals surface area contributed by atoms with Gasteiger partial charge in [0, 0.05) is 19.6 Å². The summed E-state index contributed by atoms with van der Waals surface area (Å²) in [5, 5.41) is 4.24. The van der Waals surface area contributed by atoms with E-state index < -0.39 is 0 Å². The van der Waals surface area contributed by atoms with E-state index in [1.165, 1.54) is 31.2 Å². The van der Waals surface area contributed by atoms with Gasteiger partial charge in [0.05, 0.1) is 7.11 Å². The van der Waals surface area contributed by atoms with Gasteiger partial charge >= 0.3 is 0 Å². The number of nitrogens with zero attached hydrogens (tertiary/aromatic N) is 1. The fourth-order valence-corrected chi connectivity index (χ4v) is 2.56. The average Bonchev–Trinajstić information content (AvgIpc) is 2.74. The number of benzene rings is 1. The van der Waals surface area contributed by atoms with Gasteiger partial charge in [-0.05, 0) is 42.8 Å². The van der Waals surface area contributed by atoms with Crippen molar-refractivity contribution in [2.24, 2.45) is 0 Å². The van der Waals surface area contributed by atoms with Crippen LogP contribution in [0.2, 0.25) is 0 Å². The van der Waals surface area contributed by atoms with Crippen molar-refractivity contribution >= 4 is 17.3 Å². The first kappa shape index (κ1) is 14.1. The lowest BCUT2D eigenvalue weighted by Crippen LogP contribution is -2.39. The number of likely N-dealkylation sites (tertiary alicyclic amines) is 1. The molecule has 0 aliphatic carbocycles. The van der Waals surface area contributed by atoms with E-state index in [1.54, 1.807) is 7.11 Å². The van der Waals surface area contributed by atoms with Crippen molar-refractivity contribution in [2.75, 3.05) is 20.2 Å². The molecular weight excluding hydrogens is 256 g/mol. The highest BCUT2D eigenvalue weighted by molar-refractivity contribution is 7.80. The Morgan fingerprint density at radius 1 is 1.16 bits per heavy atom. The third kappa shape index (κ3) is 4.39. The number of nitrogens with one attached hydrogen (secondary N) is 1. The van der Waals surface area contributed by atoms with Crippen molar-refractivity contribution < 1.29 is 4.74 Å². The van der Waals surface area contributed by atoms with Crippen molar-refractivity contribution in [1.82, 2.24) is 10.2 Å². The van der Waals surface area contributed by atoms with Gasteiger partial charge in [-0.1, -0.05) is 25.0 Å². The quantitative estimate of drug-likeness (QED) is 0.859. The summed E-state index contributed by atoms with van der Waals surface area (Å²) < 4.78 is 5.15. The van der Waals surface area contributed by atoms with Gasteiger partial charge in [-0.25, -0.2) is 0 Å². The maximum atomic E-state index is 5.47. The molecule has 0 spiro atoms. The lowest BCUT2D eigenvalue weighted by atomic mass is 10.2. The number of hydrogen-bond acceptors (Lipinski definition) is 2. The zero-order chi connectivity index (χ0) is 13.5. The first-order valence-corrected chi connectivity index (χ1v) is 7.36. The van der Waals surface area contributed by atoms with Crippen LogP contribution < -0.4 is 10.1 Å². The minimum absolute atomic E-state index is 0.777. The molecule has 1 heterocycles. The van der Waals surface area contributed by atoms with E-state index in [0.717, 1.165) is 30.5 Å². The molecule has 1 aliphatic heterocycles. The molecule has 0 saturated carbocycles. The average molecular weight is 278 g/mol. The molecule has 1 fully saturated rings. The normalized spacial score (nSPS) is 15.7. The molecule has 4 heteroatoms. The second kappa shape index (κ2) is 7.34. The molecule has 1 saturated heterocycles. The molecule has 1 N–H and O–H groups in total. The number of methoxy groups -OCH3 is 1. The van der Waals surface area contributed by atoms with Crippen LogP contribution in [0.4, 0.5) is 0 Å². The van der Waals surface area contributed by atoms with Crippen LogP contribution in [0.1, 0.15) is 31.2 Å². The van der Waals surface area contributed by atoms with Crippen LogP contribution in [-0.4, -0.2) is 30.2 Å². The van der Waals surface area contributed by atoms with Crippen molar-refractivity contribution in [2.45, 2.75) is 32.2 Å². The second-order valence-electron chi connectivity index (χ2n) is 4.91. The summed E-state index contributed by atoms with van der Waals surface area (Å²) in [5.41, 5.74) is 1.22. The van der Waals surface area contributed by atoms with Crippen molar-refractivity contribution in [1.29, 1.82) is 0 Å². The van der Waals surface area contributed by atoms with Crippen LogP contribution in [0, 0.1) is 0 Å². The van der Waals surface area contributed by atoms with E-state index in [9.17, 15) is 0 Å². The van der Waals surface area contributed by atoms with Crippen LogP contribution in [-0.2, 0) is 6.54 Å². The molecule has 0 amide bonds. The maximum absolute atomic E-state index is 5.47.